The van der Waals surface area contributed by atoms with E-state index in [1.54, 1.807) is 0 Å². The van der Waals surface area contributed by atoms with Crippen molar-refractivity contribution in [1.29, 1.82) is 0 Å². The molecule has 1 N–H and O–H groups in total. The number of amides is 1. The zero-order valence-electron chi connectivity index (χ0n) is 11.7. The highest BCUT2D eigenvalue weighted by molar-refractivity contribution is 9.10. The zero-order chi connectivity index (χ0) is 14.5. The number of aryl methyl sites for hydroxylation is 1. The van der Waals surface area contributed by atoms with Gasteiger partial charge in [0.1, 0.15) is 0 Å². The highest BCUT2D eigenvalue weighted by Gasteiger charge is 2.18. The predicted molar refractivity (Wildman–Crippen MR) is 87.0 cm³/mol. The lowest BCUT2D eigenvalue weighted by molar-refractivity contribution is -0.117. The second kappa shape index (κ2) is 6.71. The maximum Gasteiger partial charge on any atom is 0.231 e. The van der Waals surface area contributed by atoms with Gasteiger partial charge in [-0.2, -0.15) is 0 Å². The van der Waals surface area contributed by atoms with E-state index in [1.165, 1.54) is 0 Å². The molecule has 1 unspecified atom stereocenters. The maximum atomic E-state index is 12.4. The van der Waals surface area contributed by atoms with E-state index in [4.69, 9.17) is 0 Å². The molecule has 3 heteroatoms. The van der Waals surface area contributed by atoms with E-state index in [0.29, 0.717) is 0 Å². The molecule has 0 aromatic heterocycles. The number of anilines is 1. The van der Waals surface area contributed by atoms with Crippen molar-refractivity contribution in [2.45, 2.75) is 26.2 Å². The molecule has 0 radical (unpaired) electrons. The fraction of sp³-hybridized carbons (Fsp3) is 0.235. The third kappa shape index (κ3) is 3.70. The molecular formula is C17H18BrNO. The molecule has 0 aliphatic rings. The van der Waals surface area contributed by atoms with E-state index in [0.717, 1.165) is 27.7 Å². The summed E-state index contributed by atoms with van der Waals surface area (Å²) < 4.78 is 0.973. The van der Waals surface area contributed by atoms with E-state index in [9.17, 15) is 4.79 Å². The molecule has 0 heterocycles. The van der Waals surface area contributed by atoms with E-state index in [1.807, 2.05) is 62.4 Å². The Balaban J connectivity index is 2.18. The third-order valence-corrected chi connectivity index (χ3v) is 3.69. The molecule has 0 fully saturated rings. The Kier molecular flexibility index (Phi) is 4.96. The summed E-state index contributed by atoms with van der Waals surface area (Å²) >= 11 is 3.45. The number of benzene rings is 2. The average molecular weight is 332 g/mol. The number of carbonyl (C=O) groups is 1. The van der Waals surface area contributed by atoms with Gasteiger partial charge >= 0.3 is 0 Å². The van der Waals surface area contributed by atoms with Gasteiger partial charge in [0, 0.05) is 10.2 Å². The van der Waals surface area contributed by atoms with Gasteiger partial charge in [0.2, 0.25) is 5.91 Å². The monoisotopic (exact) mass is 331 g/mol. The number of hydrogen-bond acceptors (Lipinski definition) is 1. The first-order valence-corrected chi connectivity index (χ1v) is 7.52. The number of halogens is 1. The van der Waals surface area contributed by atoms with Gasteiger partial charge in [-0.1, -0.05) is 53.2 Å². The number of carbonyl (C=O) groups excluding carboxylic acids is 1. The van der Waals surface area contributed by atoms with Crippen molar-refractivity contribution in [1.82, 2.24) is 0 Å². The Labute approximate surface area is 128 Å². The first-order valence-electron chi connectivity index (χ1n) is 6.73. The third-order valence-electron chi connectivity index (χ3n) is 3.24. The van der Waals surface area contributed by atoms with Gasteiger partial charge in [0.25, 0.3) is 0 Å². The number of nitrogens with one attached hydrogen (secondary N) is 1. The minimum Gasteiger partial charge on any atom is -0.326 e. The smallest absolute Gasteiger partial charge is 0.231 e. The molecule has 104 valence electrons. The van der Waals surface area contributed by atoms with Crippen LogP contribution in [0.2, 0.25) is 0 Å². The van der Waals surface area contributed by atoms with Crippen molar-refractivity contribution < 1.29 is 4.79 Å². The molecule has 2 aromatic rings. The van der Waals surface area contributed by atoms with Gasteiger partial charge in [-0.25, -0.2) is 0 Å². The van der Waals surface area contributed by atoms with Crippen LogP contribution in [0.25, 0.3) is 0 Å². The van der Waals surface area contributed by atoms with Crippen LogP contribution in [0.3, 0.4) is 0 Å². The van der Waals surface area contributed by atoms with Crippen LogP contribution in [0.5, 0.6) is 0 Å². The van der Waals surface area contributed by atoms with Crippen molar-refractivity contribution in [3.63, 3.8) is 0 Å². The van der Waals surface area contributed by atoms with Crippen LogP contribution in [0.15, 0.2) is 53.0 Å². The van der Waals surface area contributed by atoms with Gasteiger partial charge in [0.05, 0.1) is 5.92 Å². The van der Waals surface area contributed by atoms with Gasteiger partial charge in [-0.05, 0) is 42.7 Å². The molecule has 0 saturated carbocycles. The second-order valence-corrected chi connectivity index (χ2v) is 5.79. The van der Waals surface area contributed by atoms with E-state index in [-0.39, 0.29) is 11.8 Å². The summed E-state index contributed by atoms with van der Waals surface area (Å²) in [4.78, 5) is 12.4. The topological polar surface area (TPSA) is 29.1 Å². The fourth-order valence-corrected chi connectivity index (χ4v) is 2.90. The number of hydrogen-bond donors (Lipinski definition) is 1. The Morgan fingerprint density at radius 1 is 1.20 bits per heavy atom. The molecule has 0 aliphatic heterocycles. The van der Waals surface area contributed by atoms with Gasteiger partial charge in [-0.3, -0.25) is 4.79 Å². The lowest BCUT2D eigenvalue weighted by Gasteiger charge is -2.16. The Morgan fingerprint density at radius 2 is 1.90 bits per heavy atom. The lowest BCUT2D eigenvalue weighted by Crippen LogP contribution is -2.20. The van der Waals surface area contributed by atoms with Crippen molar-refractivity contribution in [3.05, 3.63) is 64.1 Å². The lowest BCUT2D eigenvalue weighted by atomic mass is 9.95. The molecule has 0 spiro atoms. The molecule has 2 rings (SSSR count). The molecule has 2 aromatic carbocycles. The van der Waals surface area contributed by atoms with Crippen molar-refractivity contribution >= 4 is 27.5 Å². The highest BCUT2D eigenvalue weighted by atomic mass is 79.9. The molecule has 20 heavy (non-hydrogen) atoms. The molecule has 1 amide bonds. The fourth-order valence-electron chi connectivity index (χ4n) is 2.30. The van der Waals surface area contributed by atoms with Crippen LogP contribution in [0.1, 0.15) is 30.4 Å². The van der Waals surface area contributed by atoms with Gasteiger partial charge in [-0.15, -0.1) is 0 Å². The van der Waals surface area contributed by atoms with Crippen LogP contribution < -0.4 is 5.32 Å². The predicted octanol–water partition coefficient (Wildman–Crippen LogP) is 4.89. The normalized spacial score (nSPS) is 11.9. The van der Waals surface area contributed by atoms with Crippen LogP contribution >= 0.6 is 15.9 Å². The van der Waals surface area contributed by atoms with Crippen LogP contribution in [-0.4, -0.2) is 5.91 Å². The minimum atomic E-state index is -0.115. The summed E-state index contributed by atoms with van der Waals surface area (Å²) in [5.74, 6) is -0.0771. The highest BCUT2D eigenvalue weighted by Crippen LogP contribution is 2.24. The summed E-state index contributed by atoms with van der Waals surface area (Å²) in [6, 6.07) is 15.8. The average Bonchev–Trinajstić information content (AvgIpc) is 2.39. The molecule has 1 atom stereocenters. The van der Waals surface area contributed by atoms with Crippen molar-refractivity contribution in [3.8, 4) is 0 Å². The van der Waals surface area contributed by atoms with Crippen molar-refractivity contribution in [2.24, 2.45) is 0 Å². The summed E-state index contributed by atoms with van der Waals surface area (Å²) in [6.07, 6.45) is 0.781. The first-order chi connectivity index (χ1) is 9.60. The first kappa shape index (κ1) is 14.8. The maximum absolute atomic E-state index is 12.4. The van der Waals surface area contributed by atoms with E-state index in [2.05, 4.69) is 21.2 Å². The Bertz CT molecular complexity index is 575. The molecule has 0 saturated heterocycles. The van der Waals surface area contributed by atoms with E-state index < -0.39 is 0 Å². The number of rotatable bonds is 4. The summed E-state index contributed by atoms with van der Waals surface area (Å²) in [7, 11) is 0. The summed E-state index contributed by atoms with van der Waals surface area (Å²) in [5.41, 5.74) is 3.00. The van der Waals surface area contributed by atoms with Crippen LogP contribution in [0, 0.1) is 6.92 Å². The van der Waals surface area contributed by atoms with Gasteiger partial charge in [0.15, 0.2) is 0 Å². The molecule has 0 aliphatic carbocycles. The SMILES string of the molecule is CCC(C(=O)Nc1cc(C)cc(Br)c1)c1ccccc1. The van der Waals surface area contributed by atoms with Crippen LogP contribution in [-0.2, 0) is 4.79 Å². The standard InChI is InChI=1S/C17H18BrNO/c1-3-16(13-7-5-4-6-8-13)17(20)19-15-10-12(2)9-14(18)11-15/h4-11,16H,3H2,1-2H3,(H,19,20). The van der Waals surface area contributed by atoms with Gasteiger partial charge < -0.3 is 5.32 Å². The minimum absolute atomic E-state index is 0.0381. The Hall–Kier alpha value is -1.61. The van der Waals surface area contributed by atoms with E-state index >= 15 is 0 Å². The summed E-state index contributed by atoms with van der Waals surface area (Å²) in [6.45, 7) is 4.04. The molecular weight excluding hydrogens is 314 g/mol. The largest absolute Gasteiger partial charge is 0.326 e. The molecule has 0 bridgehead atoms. The zero-order valence-corrected chi connectivity index (χ0v) is 13.3. The second-order valence-electron chi connectivity index (χ2n) is 4.88. The quantitative estimate of drug-likeness (QED) is 0.849. The molecule has 2 nitrogen and oxygen atoms in total. The van der Waals surface area contributed by atoms with Crippen LogP contribution in [0.4, 0.5) is 5.69 Å². The summed E-state index contributed by atoms with van der Waals surface area (Å²) in [5, 5.41) is 3.00. The van der Waals surface area contributed by atoms with Crippen molar-refractivity contribution in [2.75, 3.05) is 5.32 Å². The Morgan fingerprint density at radius 3 is 2.50 bits per heavy atom.